The molecule has 5 heteroatoms. The molecular weight excluding hydrogens is 336 g/mol. The topological polar surface area (TPSA) is 55.1 Å². The quantitative estimate of drug-likeness (QED) is 0.832. The van der Waals surface area contributed by atoms with E-state index in [0.29, 0.717) is 16.2 Å². The SMILES string of the molecule is Cc1cc(Br)cc(C(=O)Nc2cccc(C(N)=S)c2)c1. The van der Waals surface area contributed by atoms with E-state index in [-0.39, 0.29) is 5.91 Å². The van der Waals surface area contributed by atoms with Gasteiger partial charge in [0.15, 0.2) is 0 Å². The molecule has 102 valence electrons. The molecule has 3 N–H and O–H groups in total. The molecule has 2 aromatic rings. The van der Waals surface area contributed by atoms with Crippen molar-refractivity contribution in [2.24, 2.45) is 5.73 Å². The Labute approximate surface area is 131 Å². The van der Waals surface area contributed by atoms with E-state index in [2.05, 4.69) is 21.2 Å². The Balaban J connectivity index is 2.23. The lowest BCUT2D eigenvalue weighted by atomic mass is 10.1. The van der Waals surface area contributed by atoms with Crippen LogP contribution in [0.1, 0.15) is 21.5 Å². The van der Waals surface area contributed by atoms with Crippen LogP contribution in [0.5, 0.6) is 0 Å². The first-order chi connectivity index (χ1) is 9.45. The van der Waals surface area contributed by atoms with Crippen molar-refractivity contribution >= 4 is 44.7 Å². The zero-order valence-electron chi connectivity index (χ0n) is 10.8. The second-order valence-corrected chi connectivity index (χ2v) is 5.77. The molecule has 0 fully saturated rings. The third kappa shape index (κ3) is 3.65. The number of nitrogens with one attached hydrogen (secondary N) is 1. The van der Waals surface area contributed by atoms with E-state index in [1.807, 2.05) is 19.1 Å². The van der Waals surface area contributed by atoms with E-state index in [4.69, 9.17) is 18.0 Å². The van der Waals surface area contributed by atoms with E-state index in [1.165, 1.54) is 0 Å². The Hall–Kier alpha value is -1.72. The fourth-order valence-corrected chi connectivity index (χ4v) is 2.56. The van der Waals surface area contributed by atoms with Crippen LogP contribution in [0.4, 0.5) is 5.69 Å². The molecule has 3 nitrogen and oxygen atoms in total. The normalized spacial score (nSPS) is 10.1. The second-order valence-electron chi connectivity index (χ2n) is 4.42. The van der Waals surface area contributed by atoms with Crippen LogP contribution in [0, 0.1) is 6.92 Å². The molecule has 20 heavy (non-hydrogen) atoms. The highest BCUT2D eigenvalue weighted by molar-refractivity contribution is 9.10. The predicted octanol–water partition coefficient (Wildman–Crippen LogP) is 3.64. The van der Waals surface area contributed by atoms with Crippen molar-refractivity contribution in [2.75, 3.05) is 5.32 Å². The smallest absolute Gasteiger partial charge is 0.255 e. The van der Waals surface area contributed by atoms with E-state index in [0.717, 1.165) is 15.6 Å². The summed E-state index contributed by atoms with van der Waals surface area (Å²) in [6.07, 6.45) is 0. The van der Waals surface area contributed by atoms with Crippen molar-refractivity contribution in [3.8, 4) is 0 Å². The molecule has 0 aliphatic carbocycles. The van der Waals surface area contributed by atoms with Crippen molar-refractivity contribution in [2.45, 2.75) is 6.92 Å². The molecule has 0 atom stereocenters. The van der Waals surface area contributed by atoms with Gasteiger partial charge in [0.2, 0.25) is 0 Å². The van der Waals surface area contributed by atoms with Crippen molar-refractivity contribution in [3.63, 3.8) is 0 Å². The number of carbonyl (C=O) groups excluding carboxylic acids is 1. The first-order valence-electron chi connectivity index (χ1n) is 5.94. The van der Waals surface area contributed by atoms with Gasteiger partial charge in [-0.25, -0.2) is 0 Å². The number of halogens is 1. The molecule has 1 amide bonds. The molecule has 0 spiro atoms. The van der Waals surface area contributed by atoms with E-state index < -0.39 is 0 Å². The molecule has 0 saturated carbocycles. The Bertz CT molecular complexity index is 665. The van der Waals surface area contributed by atoms with Gasteiger partial charge in [0.1, 0.15) is 4.99 Å². The highest BCUT2D eigenvalue weighted by atomic mass is 79.9. The summed E-state index contributed by atoms with van der Waals surface area (Å²) in [5.41, 5.74) is 8.58. The van der Waals surface area contributed by atoms with E-state index in [1.54, 1.807) is 30.3 Å². The third-order valence-corrected chi connectivity index (χ3v) is 3.40. The molecule has 0 saturated heterocycles. The van der Waals surface area contributed by atoms with Gasteiger partial charge >= 0.3 is 0 Å². The predicted molar refractivity (Wildman–Crippen MR) is 89.2 cm³/mol. The summed E-state index contributed by atoms with van der Waals surface area (Å²) in [6, 6.07) is 12.7. The fraction of sp³-hybridized carbons (Fsp3) is 0.0667. The summed E-state index contributed by atoms with van der Waals surface area (Å²) in [4.78, 5) is 12.5. The van der Waals surface area contributed by atoms with Gasteiger partial charge < -0.3 is 11.1 Å². The molecule has 0 aliphatic heterocycles. The van der Waals surface area contributed by atoms with Crippen molar-refractivity contribution in [3.05, 3.63) is 63.6 Å². The number of anilines is 1. The maximum Gasteiger partial charge on any atom is 0.255 e. The number of thiocarbonyl (C=S) groups is 1. The maximum atomic E-state index is 12.2. The Morgan fingerprint density at radius 2 is 1.95 bits per heavy atom. The monoisotopic (exact) mass is 348 g/mol. The molecule has 0 bridgehead atoms. The molecule has 0 aliphatic rings. The van der Waals surface area contributed by atoms with Gasteiger partial charge in [-0.05, 0) is 42.8 Å². The first-order valence-corrected chi connectivity index (χ1v) is 7.14. The molecular formula is C15H13BrN2OS. The molecule has 2 aromatic carbocycles. The Kier molecular flexibility index (Phi) is 4.52. The minimum Gasteiger partial charge on any atom is -0.389 e. The molecule has 0 heterocycles. The van der Waals surface area contributed by atoms with Crippen LogP contribution < -0.4 is 11.1 Å². The van der Waals surface area contributed by atoms with Crippen LogP contribution >= 0.6 is 28.1 Å². The number of hydrogen-bond acceptors (Lipinski definition) is 2. The summed E-state index contributed by atoms with van der Waals surface area (Å²) in [7, 11) is 0. The first kappa shape index (κ1) is 14.7. The highest BCUT2D eigenvalue weighted by Crippen LogP contribution is 2.17. The average Bonchev–Trinajstić information content (AvgIpc) is 2.37. The number of amides is 1. The molecule has 2 rings (SSSR count). The second kappa shape index (κ2) is 6.15. The number of carbonyl (C=O) groups is 1. The Morgan fingerprint density at radius 1 is 1.20 bits per heavy atom. The summed E-state index contributed by atoms with van der Waals surface area (Å²) in [5, 5.41) is 2.83. The summed E-state index contributed by atoms with van der Waals surface area (Å²) in [6.45, 7) is 1.94. The van der Waals surface area contributed by atoms with E-state index >= 15 is 0 Å². The number of aryl methyl sites for hydroxylation is 1. The fourth-order valence-electron chi connectivity index (χ4n) is 1.82. The van der Waals surface area contributed by atoms with Gasteiger partial charge in [0, 0.05) is 21.3 Å². The van der Waals surface area contributed by atoms with Gasteiger partial charge in [-0.1, -0.05) is 40.3 Å². The summed E-state index contributed by atoms with van der Waals surface area (Å²) in [5.74, 6) is -0.172. The van der Waals surface area contributed by atoms with Gasteiger partial charge in [-0.2, -0.15) is 0 Å². The van der Waals surface area contributed by atoms with Crippen molar-refractivity contribution < 1.29 is 4.79 Å². The molecule has 0 unspecified atom stereocenters. The van der Waals surface area contributed by atoms with Gasteiger partial charge in [-0.15, -0.1) is 0 Å². The lowest BCUT2D eigenvalue weighted by Crippen LogP contribution is -2.14. The minimum absolute atomic E-state index is 0.172. The van der Waals surface area contributed by atoms with Gasteiger partial charge in [0.05, 0.1) is 0 Å². The number of benzene rings is 2. The van der Waals surface area contributed by atoms with Crippen LogP contribution in [0.2, 0.25) is 0 Å². The number of nitrogens with two attached hydrogens (primary N) is 1. The zero-order chi connectivity index (χ0) is 14.7. The average molecular weight is 349 g/mol. The van der Waals surface area contributed by atoms with Gasteiger partial charge in [0.25, 0.3) is 5.91 Å². The lowest BCUT2D eigenvalue weighted by molar-refractivity contribution is 0.102. The van der Waals surface area contributed by atoms with Crippen LogP contribution in [-0.2, 0) is 0 Å². The largest absolute Gasteiger partial charge is 0.389 e. The van der Waals surface area contributed by atoms with Crippen LogP contribution in [0.15, 0.2) is 46.9 Å². The van der Waals surface area contributed by atoms with Crippen LogP contribution in [0.25, 0.3) is 0 Å². The number of hydrogen-bond donors (Lipinski definition) is 2. The summed E-state index contributed by atoms with van der Waals surface area (Å²) >= 11 is 8.31. The van der Waals surface area contributed by atoms with Crippen LogP contribution in [-0.4, -0.2) is 10.9 Å². The molecule has 0 radical (unpaired) electrons. The molecule has 0 aromatic heterocycles. The van der Waals surface area contributed by atoms with Crippen molar-refractivity contribution in [1.82, 2.24) is 0 Å². The third-order valence-electron chi connectivity index (χ3n) is 2.71. The highest BCUT2D eigenvalue weighted by Gasteiger charge is 2.08. The number of rotatable bonds is 3. The Morgan fingerprint density at radius 3 is 2.60 bits per heavy atom. The minimum atomic E-state index is -0.172. The van der Waals surface area contributed by atoms with E-state index in [9.17, 15) is 4.79 Å². The van der Waals surface area contributed by atoms with Crippen molar-refractivity contribution in [1.29, 1.82) is 0 Å². The summed E-state index contributed by atoms with van der Waals surface area (Å²) < 4.78 is 0.875. The lowest BCUT2D eigenvalue weighted by Gasteiger charge is -2.08. The zero-order valence-corrected chi connectivity index (χ0v) is 13.2. The standard InChI is InChI=1S/C15H13BrN2OS/c1-9-5-11(7-12(16)6-9)15(19)18-13-4-2-3-10(8-13)14(17)20/h2-8H,1H3,(H2,17,20)(H,18,19). The van der Waals surface area contributed by atoms with Crippen LogP contribution in [0.3, 0.4) is 0 Å². The maximum absolute atomic E-state index is 12.2. The van der Waals surface area contributed by atoms with Gasteiger partial charge in [-0.3, -0.25) is 4.79 Å².